The molecule has 0 saturated carbocycles. The van der Waals surface area contributed by atoms with Crippen molar-refractivity contribution in [3.8, 4) is 0 Å². The summed E-state index contributed by atoms with van der Waals surface area (Å²) in [7, 11) is 4.36. The molecule has 0 radical (unpaired) electrons. The Labute approximate surface area is 57.4 Å². The second-order valence-electron chi connectivity index (χ2n) is 2.95. The van der Waals surface area contributed by atoms with Crippen LogP contribution in [-0.4, -0.2) is 49.6 Å². The molecule has 0 amide bonds. The predicted octanol–water partition coefficient (Wildman–Crippen LogP) is 0.252. The SMILES string of the molecule is CCN(C)C1CN(C)C1. The molecular formula is C7H16N2. The Balaban J connectivity index is 2.15. The monoisotopic (exact) mass is 128 g/mol. The molecule has 0 atom stereocenters. The van der Waals surface area contributed by atoms with Crippen molar-refractivity contribution in [2.75, 3.05) is 33.7 Å². The number of nitrogens with zero attached hydrogens (tertiary/aromatic N) is 2. The largest absolute Gasteiger partial charge is 0.303 e. The van der Waals surface area contributed by atoms with Gasteiger partial charge < -0.3 is 9.80 Å². The lowest BCUT2D eigenvalue weighted by Gasteiger charge is -2.41. The van der Waals surface area contributed by atoms with Crippen LogP contribution in [0.4, 0.5) is 0 Å². The molecule has 0 spiro atoms. The van der Waals surface area contributed by atoms with Gasteiger partial charge in [-0.1, -0.05) is 6.92 Å². The molecule has 1 aliphatic rings. The van der Waals surface area contributed by atoms with Crippen molar-refractivity contribution in [3.63, 3.8) is 0 Å². The van der Waals surface area contributed by atoms with Gasteiger partial charge in [0.05, 0.1) is 0 Å². The Kier molecular flexibility index (Phi) is 2.09. The van der Waals surface area contributed by atoms with Crippen molar-refractivity contribution in [2.45, 2.75) is 13.0 Å². The smallest absolute Gasteiger partial charge is 0.0347 e. The number of likely N-dealkylation sites (N-methyl/N-ethyl adjacent to an activating group) is 2. The molecule has 0 aromatic carbocycles. The molecule has 9 heavy (non-hydrogen) atoms. The van der Waals surface area contributed by atoms with Crippen molar-refractivity contribution >= 4 is 0 Å². The highest BCUT2D eigenvalue weighted by Gasteiger charge is 2.25. The van der Waals surface area contributed by atoms with E-state index in [2.05, 4.69) is 30.8 Å². The highest BCUT2D eigenvalue weighted by atomic mass is 15.3. The standard InChI is InChI=1S/C7H16N2/c1-4-9(3)7-5-8(2)6-7/h7H,4-6H2,1-3H3. The summed E-state index contributed by atoms with van der Waals surface area (Å²) in [6.07, 6.45) is 0. The molecule has 1 heterocycles. The van der Waals surface area contributed by atoms with E-state index in [-0.39, 0.29) is 0 Å². The minimum absolute atomic E-state index is 0.833. The third-order valence-corrected chi connectivity index (χ3v) is 2.17. The second-order valence-corrected chi connectivity index (χ2v) is 2.95. The fourth-order valence-electron chi connectivity index (χ4n) is 1.20. The molecule has 0 aliphatic carbocycles. The average molecular weight is 128 g/mol. The molecule has 1 saturated heterocycles. The zero-order valence-corrected chi connectivity index (χ0v) is 6.59. The van der Waals surface area contributed by atoms with Crippen LogP contribution >= 0.6 is 0 Å². The predicted molar refractivity (Wildman–Crippen MR) is 39.6 cm³/mol. The van der Waals surface area contributed by atoms with Crippen LogP contribution in [0.3, 0.4) is 0 Å². The lowest BCUT2D eigenvalue weighted by atomic mass is 10.1. The first kappa shape index (κ1) is 7.03. The van der Waals surface area contributed by atoms with Gasteiger partial charge in [0.25, 0.3) is 0 Å². The molecule has 54 valence electrons. The number of likely N-dealkylation sites (tertiary alicyclic amines) is 1. The molecule has 0 bridgehead atoms. The van der Waals surface area contributed by atoms with Crippen LogP contribution in [0.1, 0.15) is 6.92 Å². The summed E-state index contributed by atoms with van der Waals surface area (Å²) in [5, 5.41) is 0. The lowest BCUT2D eigenvalue weighted by Crippen LogP contribution is -2.56. The van der Waals surface area contributed by atoms with Crippen LogP contribution in [-0.2, 0) is 0 Å². The summed E-state index contributed by atoms with van der Waals surface area (Å²) in [6.45, 7) is 5.89. The highest BCUT2D eigenvalue weighted by Crippen LogP contribution is 2.09. The Morgan fingerprint density at radius 3 is 2.44 bits per heavy atom. The Bertz CT molecular complexity index is 86.9. The quantitative estimate of drug-likeness (QED) is 0.526. The summed E-state index contributed by atoms with van der Waals surface area (Å²) in [4.78, 5) is 4.75. The van der Waals surface area contributed by atoms with Crippen molar-refractivity contribution in [1.29, 1.82) is 0 Å². The van der Waals surface area contributed by atoms with Gasteiger partial charge in [-0.25, -0.2) is 0 Å². The van der Waals surface area contributed by atoms with Crippen molar-refractivity contribution < 1.29 is 0 Å². The maximum absolute atomic E-state index is 2.40. The first-order chi connectivity index (χ1) is 4.24. The van der Waals surface area contributed by atoms with E-state index in [0.29, 0.717) is 0 Å². The van der Waals surface area contributed by atoms with Crippen LogP contribution in [0.15, 0.2) is 0 Å². The van der Waals surface area contributed by atoms with Crippen molar-refractivity contribution in [2.24, 2.45) is 0 Å². The zero-order valence-electron chi connectivity index (χ0n) is 6.59. The maximum Gasteiger partial charge on any atom is 0.0347 e. The summed E-state index contributed by atoms with van der Waals surface area (Å²) in [5.74, 6) is 0. The maximum atomic E-state index is 2.40. The van der Waals surface area contributed by atoms with E-state index < -0.39 is 0 Å². The van der Waals surface area contributed by atoms with Gasteiger partial charge in [-0.3, -0.25) is 0 Å². The van der Waals surface area contributed by atoms with Crippen LogP contribution in [0, 0.1) is 0 Å². The molecule has 1 aliphatic heterocycles. The topological polar surface area (TPSA) is 6.48 Å². The molecule has 0 unspecified atom stereocenters. The Morgan fingerprint density at radius 2 is 2.11 bits per heavy atom. The van der Waals surface area contributed by atoms with Crippen molar-refractivity contribution in [3.05, 3.63) is 0 Å². The van der Waals surface area contributed by atoms with Gasteiger partial charge in [-0.15, -0.1) is 0 Å². The second kappa shape index (κ2) is 2.67. The Hall–Kier alpha value is -0.0800. The van der Waals surface area contributed by atoms with Gasteiger partial charge in [-0.05, 0) is 20.6 Å². The van der Waals surface area contributed by atoms with Crippen molar-refractivity contribution in [1.82, 2.24) is 9.80 Å². The number of hydrogen-bond acceptors (Lipinski definition) is 2. The van der Waals surface area contributed by atoms with Gasteiger partial charge in [-0.2, -0.15) is 0 Å². The first-order valence-corrected chi connectivity index (χ1v) is 3.62. The zero-order chi connectivity index (χ0) is 6.85. The number of hydrogen-bond donors (Lipinski definition) is 0. The third-order valence-electron chi connectivity index (χ3n) is 2.17. The van der Waals surface area contributed by atoms with E-state index in [1.54, 1.807) is 0 Å². The van der Waals surface area contributed by atoms with E-state index in [0.717, 1.165) is 6.04 Å². The molecule has 1 rings (SSSR count). The fraction of sp³-hybridized carbons (Fsp3) is 1.00. The van der Waals surface area contributed by atoms with Crippen LogP contribution in [0.25, 0.3) is 0 Å². The van der Waals surface area contributed by atoms with Gasteiger partial charge >= 0.3 is 0 Å². The van der Waals surface area contributed by atoms with Gasteiger partial charge in [0.1, 0.15) is 0 Å². The summed E-state index contributed by atoms with van der Waals surface area (Å²) < 4.78 is 0. The average Bonchev–Trinajstić information content (AvgIpc) is 1.79. The summed E-state index contributed by atoms with van der Waals surface area (Å²) in [6, 6.07) is 0.833. The molecule has 0 N–H and O–H groups in total. The van der Waals surface area contributed by atoms with Crippen LogP contribution < -0.4 is 0 Å². The molecule has 2 heteroatoms. The minimum atomic E-state index is 0.833. The van der Waals surface area contributed by atoms with E-state index in [9.17, 15) is 0 Å². The third kappa shape index (κ3) is 1.43. The van der Waals surface area contributed by atoms with E-state index in [1.807, 2.05) is 0 Å². The number of rotatable bonds is 2. The van der Waals surface area contributed by atoms with Gasteiger partial charge in [0, 0.05) is 19.1 Å². The highest BCUT2D eigenvalue weighted by molar-refractivity contribution is 4.83. The molecule has 0 aromatic heterocycles. The molecule has 1 fully saturated rings. The fourth-order valence-corrected chi connectivity index (χ4v) is 1.20. The summed E-state index contributed by atoms with van der Waals surface area (Å²) in [5.41, 5.74) is 0. The van der Waals surface area contributed by atoms with Gasteiger partial charge in [0.15, 0.2) is 0 Å². The van der Waals surface area contributed by atoms with Crippen LogP contribution in [0.2, 0.25) is 0 Å². The molecule has 0 aromatic rings. The molecular weight excluding hydrogens is 112 g/mol. The first-order valence-electron chi connectivity index (χ1n) is 3.62. The molecule has 2 nitrogen and oxygen atoms in total. The minimum Gasteiger partial charge on any atom is -0.303 e. The van der Waals surface area contributed by atoms with Crippen LogP contribution in [0.5, 0.6) is 0 Å². The van der Waals surface area contributed by atoms with E-state index in [4.69, 9.17) is 0 Å². The summed E-state index contributed by atoms with van der Waals surface area (Å²) >= 11 is 0. The van der Waals surface area contributed by atoms with E-state index >= 15 is 0 Å². The lowest BCUT2D eigenvalue weighted by molar-refractivity contribution is 0.0743. The van der Waals surface area contributed by atoms with Gasteiger partial charge in [0.2, 0.25) is 0 Å². The van der Waals surface area contributed by atoms with E-state index in [1.165, 1.54) is 19.6 Å². The Morgan fingerprint density at radius 1 is 1.56 bits per heavy atom. The normalized spacial score (nSPS) is 22.7.